The van der Waals surface area contributed by atoms with Gasteiger partial charge in [-0.25, -0.2) is 0 Å². The summed E-state index contributed by atoms with van der Waals surface area (Å²) in [4.78, 5) is 27.6. The van der Waals surface area contributed by atoms with Crippen LogP contribution in [0.25, 0.3) is 0 Å². The van der Waals surface area contributed by atoms with Gasteiger partial charge in [0.1, 0.15) is 11.5 Å². The summed E-state index contributed by atoms with van der Waals surface area (Å²) in [6.07, 6.45) is 1.43. The molecule has 0 amide bonds. The van der Waals surface area contributed by atoms with Crippen LogP contribution in [-0.2, 0) is 12.8 Å². The summed E-state index contributed by atoms with van der Waals surface area (Å²) in [5.74, 6) is 2.75. The fraction of sp³-hybridized carbons (Fsp3) is 0.100. The topological polar surface area (TPSA) is 190 Å². The monoisotopic (exact) mass is 718 g/mol. The second kappa shape index (κ2) is 17.2. The number of hydrogen-bond acceptors (Lipinski definition) is 14. The van der Waals surface area contributed by atoms with E-state index in [4.69, 9.17) is 0 Å². The summed E-state index contributed by atoms with van der Waals surface area (Å²) in [5, 5.41) is 38.8. The molecule has 0 saturated carbocycles. The predicted molar refractivity (Wildman–Crippen MR) is 213 cm³/mol. The van der Waals surface area contributed by atoms with E-state index in [1.807, 2.05) is 109 Å². The normalized spacial score (nSPS) is 10.7. The third-order valence-electron chi connectivity index (χ3n) is 7.99. The van der Waals surface area contributed by atoms with Crippen LogP contribution in [0.2, 0.25) is 0 Å². The summed E-state index contributed by atoms with van der Waals surface area (Å²) in [6.45, 7) is 1.16. The lowest BCUT2D eigenvalue weighted by molar-refractivity contribution is 0.474. The van der Waals surface area contributed by atoms with E-state index in [9.17, 15) is 10.2 Å². The van der Waals surface area contributed by atoms with E-state index in [2.05, 4.69) is 61.8 Å². The van der Waals surface area contributed by atoms with Crippen molar-refractivity contribution < 1.29 is 10.2 Å². The van der Waals surface area contributed by atoms with Crippen molar-refractivity contribution >= 4 is 58.4 Å². The lowest BCUT2D eigenvalue weighted by atomic mass is 10.1. The minimum Gasteiger partial charge on any atom is -0.508 e. The van der Waals surface area contributed by atoms with Gasteiger partial charge in [0.2, 0.25) is 35.7 Å². The number of para-hydroxylation sites is 2. The molecule has 5 aromatic carbocycles. The van der Waals surface area contributed by atoms with Gasteiger partial charge >= 0.3 is 0 Å². The standard InChI is InChI=1S/C40H38N12O2/c53-33-19-11-27(12-20-33)23-25-41-35-47-37(43-29-7-3-1-4-8-29)51-39(49-35)45-31-15-17-32(18-16-31)46-40-50-36(42-26-24-28-13-21-34(54)22-14-28)48-38(52-40)44-30-9-5-2-6-10-30/h1-22,53-54H,23-26H2,(H3,41,43,45,47,49,51)(H3,42,44,46,48,50,52). The van der Waals surface area contributed by atoms with Crippen molar-refractivity contribution in [3.63, 3.8) is 0 Å². The Morgan fingerprint density at radius 1 is 0.333 bits per heavy atom. The summed E-state index contributed by atoms with van der Waals surface area (Å²) >= 11 is 0. The number of anilines is 10. The molecule has 14 nitrogen and oxygen atoms in total. The van der Waals surface area contributed by atoms with Crippen molar-refractivity contribution in [2.75, 3.05) is 45.0 Å². The molecule has 0 aliphatic carbocycles. The Bertz CT molecular complexity index is 2080. The Labute approximate surface area is 311 Å². The minimum absolute atomic E-state index is 0.233. The van der Waals surface area contributed by atoms with E-state index < -0.39 is 0 Å². The number of phenolic OH excluding ortho intramolecular Hbond substituents is 2. The molecule has 2 heterocycles. The number of phenols is 2. The quantitative estimate of drug-likeness (QED) is 0.0484. The van der Waals surface area contributed by atoms with Gasteiger partial charge in [0.05, 0.1) is 0 Å². The van der Waals surface area contributed by atoms with Crippen molar-refractivity contribution in [2.24, 2.45) is 0 Å². The van der Waals surface area contributed by atoms with Gasteiger partial charge in [0, 0.05) is 35.8 Å². The Morgan fingerprint density at radius 2 is 0.630 bits per heavy atom. The second-order valence-corrected chi connectivity index (χ2v) is 12.1. The van der Waals surface area contributed by atoms with E-state index in [1.54, 1.807) is 24.3 Å². The highest BCUT2D eigenvalue weighted by Gasteiger charge is 2.11. The molecule has 0 aliphatic heterocycles. The molecule has 7 aromatic rings. The van der Waals surface area contributed by atoms with Crippen molar-refractivity contribution in [1.82, 2.24) is 29.9 Å². The number of rotatable bonds is 16. The van der Waals surface area contributed by atoms with Crippen LogP contribution in [0.15, 0.2) is 133 Å². The molecule has 0 fully saturated rings. The van der Waals surface area contributed by atoms with Crippen molar-refractivity contribution in [1.29, 1.82) is 0 Å². The molecule has 0 saturated heterocycles. The van der Waals surface area contributed by atoms with Crippen LogP contribution >= 0.6 is 0 Å². The number of nitrogens with zero attached hydrogens (tertiary/aromatic N) is 6. The van der Waals surface area contributed by atoms with Crippen LogP contribution in [0.4, 0.5) is 58.4 Å². The Morgan fingerprint density at radius 3 is 0.963 bits per heavy atom. The number of aromatic nitrogens is 6. The zero-order chi connectivity index (χ0) is 37.0. The van der Waals surface area contributed by atoms with E-state index in [0.29, 0.717) is 61.6 Å². The first-order valence-electron chi connectivity index (χ1n) is 17.3. The summed E-state index contributed by atoms with van der Waals surface area (Å²) < 4.78 is 0. The number of aromatic hydroxyl groups is 2. The van der Waals surface area contributed by atoms with Gasteiger partial charge in [0.25, 0.3) is 0 Å². The second-order valence-electron chi connectivity index (χ2n) is 12.1. The zero-order valence-electron chi connectivity index (χ0n) is 29.1. The van der Waals surface area contributed by atoms with Crippen LogP contribution in [0, 0.1) is 0 Å². The average Bonchev–Trinajstić information content (AvgIpc) is 3.18. The highest BCUT2D eigenvalue weighted by atomic mass is 16.3. The molecular formula is C40H38N12O2. The van der Waals surface area contributed by atoms with Crippen molar-refractivity contribution in [2.45, 2.75) is 12.8 Å². The molecule has 8 N–H and O–H groups in total. The average molecular weight is 719 g/mol. The van der Waals surface area contributed by atoms with Crippen LogP contribution < -0.4 is 31.9 Å². The van der Waals surface area contributed by atoms with E-state index in [0.717, 1.165) is 33.9 Å². The highest BCUT2D eigenvalue weighted by Crippen LogP contribution is 2.23. The molecular weight excluding hydrogens is 681 g/mol. The van der Waals surface area contributed by atoms with Gasteiger partial charge in [-0.15, -0.1) is 0 Å². The first-order valence-corrected chi connectivity index (χ1v) is 17.3. The molecule has 270 valence electrons. The van der Waals surface area contributed by atoms with Gasteiger partial charge < -0.3 is 42.1 Å². The molecule has 14 heteroatoms. The van der Waals surface area contributed by atoms with Gasteiger partial charge in [0.15, 0.2) is 0 Å². The third-order valence-corrected chi connectivity index (χ3v) is 7.99. The summed E-state index contributed by atoms with van der Waals surface area (Å²) in [7, 11) is 0. The zero-order valence-corrected chi connectivity index (χ0v) is 29.1. The predicted octanol–water partition coefficient (Wildman–Crippen LogP) is 7.75. The highest BCUT2D eigenvalue weighted by molar-refractivity contribution is 5.64. The fourth-order valence-corrected chi connectivity index (χ4v) is 5.29. The summed E-state index contributed by atoms with van der Waals surface area (Å²) in [5.41, 5.74) is 5.34. The Balaban J connectivity index is 1.04. The van der Waals surface area contributed by atoms with Crippen molar-refractivity contribution in [3.8, 4) is 11.5 Å². The smallest absolute Gasteiger partial charge is 0.233 e. The molecule has 0 aliphatic rings. The van der Waals surface area contributed by atoms with Crippen molar-refractivity contribution in [3.05, 3.63) is 145 Å². The maximum absolute atomic E-state index is 9.59. The molecule has 0 radical (unpaired) electrons. The number of nitrogens with one attached hydrogen (secondary N) is 6. The number of hydrogen-bond donors (Lipinski definition) is 8. The van der Waals surface area contributed by atoms with E-state index in [-0.39, 0.29) is 11.5 Å². The van der Waals surface area contributed by atoms with Gasteiger partial charge in [-0.2, -0.15) is 29.9 Å². The lowest BCUT2D eigenvalue weighted by Gasteiger charge is -2.13. The largest absolute Gasteiger partial charge is 0.508 e. The van der Waals surface area contributed by atoms with E-state index in [1.165, 1.54) is 0 Å². The maximum Gasteiger partial charge on any atom is 0.233 e. The van der Waals surface area contributed by atoms with Gasteiger partial charge in [-0.05, 0) is 96.8 Å². The molecule has 7 rings (SSSR count). The maximum atomic E-state index is 9.59. The molecule has 0 atom stereocenters. The van der Waals surface area contributed by atoms with Crippen LogP contribution in [0.5, 0.6) is 11.5 Å². The molecule has 0 spiro atoms. The Hall–Kier alpha value is -7.48. The van der Waals surface area contributed by atoms with Gasteiger partial charge in [-0.3, -0.25) is 0 Å². The fourth-order valence-electron chi connectivity index (χ4n) is 5.29. The Kier molecular flexibility index (Phi) is 11.1. The first kappa shape index (κ1) is 34.9. The van der Waals surface area contributed by atoms with Crippen LogP contribution in [0.3, 0.4) is 0 Å². The number of benzene rings is 5. The third kappa shape index (κ3) is 10.3. The SMILES string of the molecule is Oc1ccc(CCNc2nc(Nc3ccccc3)nc(Nc3ccc(Nc4nc(NCCc5ccc(O)cc5)nc(Nc5ccccc5)n4)cc3)n2)cc1. The van der Waals surface area contributed by atoms with E-state index >= 15 is 0 Å². The van der Waals surface area contributed by atoms with Crippen LogP contribution in [-0.4, -0.2) is 53.2 Å². The lowest BCUT2D eigenvalue weighted by Crippen LogP contribution is -2.12. The molecule has 0 unspecified atom stereocenters. The van der Waals surface area contributed by atoms with Gasteiger partial charge in [-0.1, -0.05) is 60.7 Å². The summed E-state index contributed by atoms with van der Waals surface area (Å²) in [6, 6.07) is 41.2. The first-order chi connectivity index (χ1) is 26.5. The molecule has 54 heavy (non-hydrogen) atoms. The molecule has 0 bridgehead atoms. The molecule has 2 aromatic heterocycles. The van der Waals surface area contributed by atoms with Crippen LogP contribution in [0.1, 0.15) is 11.1 Å². The minimum atomic E-state index is 0.233.